The minimum absolute atomic E-state index is 0.567. The molecule has 25 heavy (non-hydrogen) atoms. The van der Waals surface area contributed by atoms with E-state index >= 15 is 0 Å². The molecule has 0 aliphatic heterocycles. The number of carbonyl (C=O) groups excluding carboxylic acids is 1. The fraction of sp³-hybridized carbons (Fsp3) is 0.350. The minimum Gasteiger partial charge on any atom is -0.397 e. The van der Waals surface area contributed by atoms with Gasteiger partial charge in [0, 0.05) is 19.7 Å². The number of unbranched alkanes of at least 4 members (excludes halogenated alkanes) is 1. The highest BCUT2D eigenvalue weighted by Crippen LogP contribution is 2.24. The third kappa shape index (κ3) is 6.12. The first-order valence-corrected chi connectivity index (χ1v) is 8.68. The molecule has 0 fully saturated rings. The average molecular weight is 341 g/mol. The molecule has 5 heteroatoms. The molecular weight excluding hydrogens is 314 g/mol. The summed E-state index contributed by atoms with van der Waals surface area (Å²) < 4.78 is 0. The Morgan fingerprint density at radius 2 is 2.20 bits per heavy atom. The Hall–Kier alpha value is -2.53. The van der Waals surface area contributed by atoms with E-state index in [1.54, 1.807) is 11.6 Å². The number of anilines is 2. The van der Waals surface area contributed by atoms with Gasteiger partial charge in [-0.3, -0.25) is 10.0 Å². The Balaban J connectivity index is 1.83. The zero-order valence-corrected chi connectivity index (χ0v) is 14.7. The van der Waals surface area contributed by atoms with Crippen molar-refractivity contribution in [1.29, 1.82) is 0 Å². The van der Waals surface area contributed by atoms with E-state index < -0.39 is 5.91 Å². The van der Waals surface area contributed by atoms with E-state index in [1.807, 2.05) is 25.2 Å². The van der Waals surface area contributed by atoms with Crippen molar-refractivity contribution in [1.82, 2.24) is 5.48 Å². The lowest BCUT2D eigenvalue weighted by Gasteiger charge is -2.21. The third-order valence-electron chi connectivity index (χ3n) is 4.28. The van der Waals surface area contributed by atoms with Crippen LogP contribution in [0.4, 0.5) is 11.4 Å². The summed E-state index contributed by atoms with van der Waals surface area (Å²) in [6.45, 7) is 0.948. The molecule has 1 aliphatic carbocycles. The van der Waals surface area contributed by atoms with Crippen LogP contribution in [0.3, 0.4) is 0 Å². The van der Waals surface area contributed by atoms with Crippen LogP contribution in [-0.4, -0.2) is 24.7 Å². The maximum atomic E-state index is 11.0. The SMILES string of the molecule is CN(CCCCC1=CCCC=C1)c1ccc(/C=C/C(=O)NO)cc1N. The molecule has 0 saturated carbocycles. The molecule has 1 aliphatic rings. The van der Waals surface area contributed by atoms with Gasteiger partial charge in [0.15, 0.2) is 0 Å². The van der Waals surface area contributed by atoms with Gasteiger partial charge < -0.3 is 10.6 Å². The highest BCUT2D eigenvalue weighted by molar-refractivity contribution is 5.91. The average Bonchev–Trinajstić information content (AvgIpc) is 2.64. The van der Waals surface area contributed by atoms with E-state index in [4.69, 9.17) is 10.9 Å². The molecule has 0 aromatic heterocycles. The number of hydrogen-bond donors (Lipinski definition) is 3. The van der Waals surface area contributed by atoms with Crippen LogP contribution < -0.4 is 16.1 Å². The number of nitrogen functional groups attached to an aromatic ring is 1. The first-order valence-electron chi connectivity index (χ1n) is 8.68. The molecule has 1 aromatic rings. The van der Waals surface area contributed by atoms with Gasteiger partial charge in [0.2, 0.25) is 0 Å². The normalized spacial score (nSPS) is 13.8. The number of nitrogens with one attached hydrogen (secondary N) is 1. The first kappa shape index (κ1) is 18.8. The maximum Gasteiger partial charge on any atom is 0.267 e. The molecule has 0 bridgehead atoms. The van der Waals surface area contributed by atoms with Crippen LogP contribution in [0.15, 0.2) is 48.1 Å². The van der Waals surface area contributed by atoms with E-state index in [0.717, 1.165) is 37.1 Å². The van der Waals surface area contributed by atoms with E-state index in [0.29, 0.717) is 5.69 Å². The summed E-state index contributed by atoms with van der Waals surface area (Å²) >= 11 is 0. The Labute approximate surface area is 149 Å². The van der Waals surface area contributed by atoms with Gasteiger partial charge in [-0.05, 0) is 55.9 Å². The summed E-state index contributed by atoms with van der Waals surface area (Å²) in [6.07, 6.45) is 15.4. The third-order valence-corrected chi connectivity index (χ3v) is 4.28. The van der Waals surface area contributed by atoms with Crippen molar-refractivity contribution in [2.75, 3.05) is 24.2 Å². The second-order valence-corrected chi connectivity index (χ2v) is 6.27. The molecule has 0 unspecified atom stereocenters. The van der Waals surface area contributed by atoms with Crippen molar-refractivity contribution >= 4 is 23.4 Å². The van der Waals surface area contributed by atoms with Gasteiger partial charge in [0.05, 0.1) is 11.4 Å². The van der Waals surface area contributed by atoms with Crippen LogP contribution in [0, 0.1) is 0 Å². The maximum absolute atomic E-state index is 11.0. The lowest BCUT2D eigenvalue weighted by molar-refractivity contribution is -0.124. The van der Waals surface area contributed by atoms with Gasteiger partial charge in [-0.1, -0.05) is 29.9 Å². The standard InChI is InChI=1S/C20H27N3O2/c1-23(14-6-5-9-16-7-3-2-4-8-16)19-12-10-17(15-18(19)21)11-13-20(24)22-25/h3,7-8,10-13,15,25H,2,4-6,9,14,21H2,1H3,(H,22,24)/b13-11+. The summed E-state index contributed by atoms with van der Waals surface area (Å²) in [5, 5.41) is 8.48. The van der Waals surface area contributed by atoms with E-state index in [1.165, 1.54) is 24.5 Å². The molecular formula is C20H27N3O2. The number of carbonyl (C=O) groups is 1. The lowest BCUT2D eigenvalue weighted by Crippen LogP contribution is -2.19. The van der Waals surface area contributed by atoms with Gasteiger partial charge in [-0.2, -0.15) is 0 Å². The van der Waals surface area contributed by atoms with Crippen molar-refractivity contribution in [3.63, 3.8) is 0 Å². The van der Waals surface area contributed by atoms with Crippen molar-refractivity contribution < 1.29 is 10.0 Å². The second-order valence-electron chi connectivity index (χ2n) is 6.27. The number of allylic oxidation sites excluding steroid dienone is 4. The molecule has 1 aromatic carbocycles. The van der Waals surface area contributed by atoms with Crippen LogP contribution in [0.2, 0.25) is 0 Å². The van der Waals surface area contributed by atoms with Crippen molar-refractivity contribution in [2.45, 2.75) is 32.1 Å². The Morgan fingerprint density at radius 1 is 1.36 bits per heavy atom. The molecule has 2 rings (SSSR count). The predicted octanol–water partition coefficient (Wildman–Crippen LogP) is 3.67. The monoisotopic (exact) mass is 341 g/mol. The Bertz CT molecular complexity index is 678. The van der Waals surface area contributed by atoms with E-state index in [9.17, 15) is 4.79 Å². The molecule has 4 N–H and O–H groups in total. The lowest BCUT2D eigenvalue weighted by atomic mass is 10.0. The summed E-state index contributed by atoms with van der Waals surface area (Å²) in [6, 6.07) is 5.68. The number of nitrogens with two attached hydrogens (primary N) is 1. The molecule has 134 valence electrons. The van der Waals surface area contributed by atoms with Gasteiger partial charge in [-0.25, -0.2) is 5.48 Å². The Morgan fingerprint density at radius 3 is 2.88 bits per heavy atom. The van der Waals surface area contributed by atoms with Crippen LogP contribution in [-0.2, 0) is 4.79 Å². The summed E-state index contributed by atoms with van der Waals surface area (Å²) in [5.41, 5.74) is 11.6. The van der Waals surface area contributed by atoms with Gasteiger partial charge in [0.1, 0.15) is 0 Å². The molecule has 0 spiro atoms. The van der Waals surface area contributed by atoms with E-state index in [-0.39, 0.29) is 0 Å². The van der Waals surface area contributed by atoms with Crippen LogP contribution in [0.25, 0.3) is 6.08 Å². The summed E-state index contributed by atoms with van der Waals surface area (Å²) in [5.74, 6) is -0.567. The summed E-state index contributed by atoms with van der Waals surface area (Å²) in [7, 11) is 2.04. The number of amides is 1. The molecule has 5 nitrogen and oxygen atoms in total. The molecule has 0 radical (unpaired) electrons. The van der Waals surface area contributed by atoms with Crippen LogP contribution in [0.5, 0.6) is 0 Å². The van der Waals surface area contributed by atoms with Gasteiger partial charge in [-0.15, -0.1) is 0 Å². The zero-order valence-electron chi connectivity index (χ0n) is 14.7. The minimum atomic E-state index is -0.567. The molecule has 0 heterocycles. The quantitative estimate of drug-likeness (QED) is 0.222. The topological polar surface area (TPSA) is 78.6 Å². The molecule has 0 saturated heterocycles. The fourth-order valence-corrected chi connectivity index (χ4v) is 2.89. The number of rotatable bonds is 8. The molecule has 0 atom stereocenters. The van der Waals surface area contributed by atoms with Crippen molar-refractivity contribution in [3.05, 3.63) is 53.6 Å². The van der Waals surface area contributed by atoms with Crippen LogP contribution in [0.1, 0.15) is 37.7 Å². The van der Waals surface area contributed by atoms with Crippen molar-refractivity contribution in [2.24, 2.45) is 0 Å². The smallest absolute Gasteiger partial charge is 0.267 e. The van der Waals surface area contributed by atoms with Crippen molar-refractivity contribution in [3.8, 4) is 0 Å². The van der Waals surface area contributed by atoms with Gasteiger partial charge >= 0.3 is 0 Å². The number of benzene rings is 1. The highest BCUT2D eigenvalue weighted by atomic mass is 16.5. The van der Waals surface area contributed by atoms with Gasteiger partial charge in [0.25, 0.3) is 5.91 Å². The number of hydrogen-bond acceptors (Lipinski definition) is 4. The first-order chi connectivity index (χ1) is 12.1. The number of hydroxylamine groups is 1. The fourth-order valence-electron chi connectivity index (χ4n) is 2.89. The zero-order chi connectivity index (χ0) is 18.1. The predicted molar refractivity (Wildman–Crippen MR) is 103 cm³/mol. The number of nitrogens with zero attached hydrogens (tertiary/aromatic N) is 1. The second kappa shape index (κ2) is 9.69. The van der Waals surface area contributed by atoms with Crippen LogP contribution >= 0.6 is 0 Å². The summed E-state index contributed by atoms with van der Waals surface area (Å²) in [4.78, 5) is 13.2. The highest BCUT2D eigenvalue weighted by Gasteiger charge is 2.06. The van der Waals surface area contributed by atoms with E-state index in [2.05, 4.69) is 23.1 Å². The Kier molecular flexibility index (Phi) is 7.29. The largest absolute Gasteiger partial charge is 0.397 e. The molecule has 1 amide bonds.